The predicted octanol–water partition coefficient (Wildman–Crippen LogP) is 5.13. The van der Waals surface area contributed by atoms with Gasteiger partial charge >= 0.3 is 6.09 Å². The van der Waals surface area contributed by atoms with Crippen LogP contribution in [0.5, 0.6) is 0 Å². The normalized spacial score (nSPS) is 20.7. The highest BCUT2D eigenvalue weighted by Crippen LogP contribution is 2.27. The maximum atomic E-state index is 14.3. The molecule has 3 aromatic carbocycles. The minimum atomic E-state index is -1.04. The van der Waals surface area contributed by atoms with Crippen LogP contribution in [0.2, 0.25) is 0 Å². The summed E-state index contributed by atoms with van der Waals surface area (Å²) in [6.45, 7) is 4.17. The van der Waals surface area contributed by atoms with Gasteiger partial charge in [-0.05, 0) is 61.9 Å². The van der Waals surface area contributed by atoms with Crippen LogP contribution in [0, 0.1) is 0 Å². The van der Waals surface area contributed by atoms with Crippen LogP contribution < -0.4 is 10.6 Å². The van der Waals surface area contributed by atoms with Gasteiger partial charge in [-0.1, -0.05) is 97.4 Å². The third-order valence-electron chi connectivity index (χ3n) is 8.82. The van der Waals surface area contributed by atoms with Crippen LogP contribution in [0.25, 0.3) is 0 Å². The number of piperidine rings is 1. The number of rotatable bonds is 11. The average molecular weight is 569 g/mol. The summed E-state index contributed by atoms with van der Waals surface area (Å²) in [7, 11) is 0. The lowest BCUT2D eigenvalue weighted by Crippen LogP contribution is -2.55. The number of hydrogen-bond acceptors (Lipinski definition) is 4. The third-order valence-corrected chi connectivity index (χ3v) is 8.82. The number of nitrogens with one attached hydrogen (secondary N) is 2. The molecule has 2 amide bonds. The molecule has 3 aromatic rings. The molecule has 42 heavy (non-hydrogen) atoms. The van der Waals surface area contributed by atoms with E-state index in [1.807, 2.05) is 47.4 Å². The van der Waals surface area contributed by atoms with Crippen molar-refractivity contribution in [3.63, 3.8) is 0 Å². The minimum absolute atomic E-state index is 0.0490. The van der Waals surface area contributed by atoms with Crippen molar-refractivity contribution in [2.24, 2.45) is 0 Å². The smallest absolute Gasteiger partial charge is 0.404 e. The van der Waals surface area contributed by atoms with Gasteiger partial charge in [-0.2, -0.15) is 0 Å². The van der Waals surface area contributed by atoms with Crippen LogP contribution in [-0.4, -0.2) is 77.8 Å². The number of carboxylic acid groups (broad SMARTS) is 1. The number of carbonyl (C=O) groups is 2. The molecule has 2 aliphatic rings. The van der Waals surface area contributed by atoms with E-state index in [-0.39, 0.29) is 30.0 Å². The van der Waals surface area contributed by atoms with Gasteiger partial charge in [0.15, 0.2) is 0 Å². The average Bonchev–Trinajstić information content (AvgIpc) is 3.18. The van der Waals surface area contributed by atoms with Crippen molar-refractivity contribution in [1.29, 1.82) is 0 Å². The number of nitrogens with zero attached hydrogens (tertiary/aromatic N) is 2. The Morgan fingerprint density at radius 2 is 1.45 bits per heavy atom. The van der Waals surface area contributed by atoms with E-state index in [1.54, 1.807) is 0 Å². The summed E-state index contributed by atoms with van der Waals surface area (Å²) in [5.41, 5.74) is 3.44. The van der Waals surface area contributed by atoms with E-state index >= 15 is 0 Å². The number of hydrogen-bond donors (Lipinski definition) is 3. The molecule has 5 rings (SSSR count). The van der Waals surface area contributed by atoms with Crippen LogP contribution in [0.1, 0.15) is 54.7 Å². The number of likely N-dealkylation sites (tertiary alicyclic amines) is 1. The Balaban J connectivity index is 1.40. The van der Waals surface area contributed by atoms with Crippen molar-refractivity contribution >= 4 is 12.0 Å². The second kappa shape index (κ2) is 15.0. The van der Waals surface area contributed by atoms with Crippen LogP contribution >= 0.6 is 0 Å². The Hall–Kier alpha value is -3.68. The minimum Gasteiger partial charge on any atom is -0.465 e. The first-order valence-corrected chi connectivity index (χ1v) is 15.5. The second-order valence-electron chi connectivity index (χ2n) is 11.7. The summed E-state index contributed by atoms with van der Waals surface area (Å²) in [5.74, 6) is 0.160. The van der Waals surface area contributed by atoms with Crippen molar-refractivity contribution < 1.29 is 14.7 Å². The molecule has 1 unspecified atom stereocenters. The van der Waals surface area contributed by atoms with E-state index in [4.69, 9.17) is 0 Å². The lowest BCUT2D eigenvalue weighted by molar-refractivity contribution is -0.133. The van der Waals surface area contributed by atoms with E-state index in [9.17, 15) is 14.7 Å². The number of benzene rings is 3. The first kappa shape index (κ1) is 29.8. The molecule has 2 heterocycles. The summed E-state index contributed by atoms with van der Waals surface area (Å²) in [6, 6.07) is 29.9. The maximum absolute atomic E-state index is 14.3. The van der Waals surface area contributed by atoms with E-state index in [1.165, 1.54) is 30.4 Å². The topological polar surface area (TPSA) is 84.9 Å². The van der Waals surface area contributed by atoms with Gasteiger partial charge in [-0.25, -0.2) is 4.79 Å². The van der Waals surface area contributed by atoms with Crippen molar-refractivity contribution in [2.75, 3.05) is 32.7 Å². The Bertz CT molecular complexity index is 1210. The summed E-state index contributed by atoms with van der Waals surface area (Å²) in [4.78, 5) is 30.7. The predicted molar refractivity (Wildman–Crippen MR) is 167 cm³/mol. The molecule has 0 aromatic heterocycles. The second-order valence-corrected chi connectivity index (χ2v) is 11.7. The fourth-order valence-corrected chi connectivity index (χ4v) is 6.55. The summed E-state index contributed by atoms with van der Waals surface area (Å²) < 4.78 is 0. The fraction of sp³-hybridized carbons (Fsp3) is 0.429. The molecule has 7 heteroatoms. The van der Waals surface area contributed by atoms with Gasteiger partial charge in [-0.3, -0.25) is 4.79 Å². The third kappa shape index (κ3) is 8.20. The van der Waals surface area contributed by atoms with Crippen molar-refractivity contribution in [1.82, 2.24) is 20.4 Å². The molecular formula is C35H44N4O3. The zero-order chi connectivity index (χ0) is 29.1. The van der Waals surface area contributed by atoms with E-state index in [2.05, 4.69) is 64.1 Å². The Kier molecular flexibility index (Phi) is 10.6. The van der Waals surface area contributed by atoms with E-state index < -0.39 is 6.09 Å². The monoisotopic (exact) mass is 568 g/mol. The molecule has 7 nitrogen and oxygen atoms in total. The standard InChI is InChI=1S/C35H44N4O3/c40-34-32(19-23-38-21-11-4-12-22-38)36-31(33(37-35(41)42)25-27-13-5-1-6-14-27)20-24-39(34)26-30(28-15-7-2-8-16-28)29-17-9-3-10-18-29/h1-3,5-10,13-18,30-33,36-37H,4,11-12,19-26H2,(H,41,42)/t31-,32-,33?/m0/s1. The van der Waals surface area contributed by atoms with Crippen molar-refractivity contribution in [3.05, 3.63) is 108 Å². The zero-order valence-corrected chi connectivity index (χ0v) is 24.4. The summed E-state index contributed by atoms with van der Waals surface area (Å²) in [5, 5.41) is 16.2. The first-order valence-electron chi connectivity index (χ1n) is 15.5. The highest BCUT2D eigenvalue weighted by Gasteiger charge is 2.36. The van der Waals surface area contributed by atoms with Crippen LogP contribution in [0.4, 0.5) is 4.79 Å². The highest BCUT2D eigenvalue weighted by molar-refractivity contribution is 5.82. The maximum Gasteiger partial charge on any atom is 0.404 e. The fourth-order valence-electron chi connectivity index (χ4n) is 6.55. The Morgan fingerprint density at radius 1 is 0.857 bits per heavy atom. The Morgan fingerprint density at radius 3 is 2.05 bits per heavy atom. The molecule has 0 bridgehead atoms. The SMILES string of the molecule is O=C(O)NC(Cc1ccccc1)[C@@H]1CCN(CC(c2ccccc2)c2ccccc2)C(=O)[C@H](CCN2CCCCC2)N1. The molecule has 0 aliphatic carbocycles. The number of carbonyl (C=O) groups excluding carboxylic acids is 1. The molecule has 2 saturated heterocycles. The lowest BCUT2D eigenvalue weighted by atomic mass is 9.90. The van der Waals surface area contributed by atoms with Gasteiger partial charge in [0, 0.05) is 31.6 Å². The van der Waals surface area contributed by atoms with Crippen LogP contribution in [0.3, 0.4) is 0 Å². The molecule has 2 aliphatic heterocycles. The molecule has 2 fully saturated rings. The van der Waals surface area contributed by atoms with Crippen molar-refractivity contribution in [2.45, 2.75) is 62.6 Å². The molecule has 0 spiro atoms. The highest BCUT2D eigenvalue weighted by atomic mass is 16.4. The summed E-state index contributed by atoms with van der Waals surface area (Å²) in [6.07, 6.45) is 4.59. The molecular weight excluding hydrogens is 524 g/mol. The van der Waals surface area contributed by atoms with E-state index in [0.717, 1.165) is 25.2 Å². The lowest BCUT2D eigenvalue weighted by Gasteiger charge is -2.32. The molecule has 3 atom stereocenters. The Labute approximate surface area is 249 Å². The van der Waals surface area contributed by atoms with Gasteiger partial charge in [0.1, 0.15) is 0 Å². The quantitative estimate of drug-likeness (QED) is 0.299. The molecule has 3 N–H and O–H groups in total. The van der Waals surface area contributed by atoms with Crippen LogP contribution in [-0.2, 0) is 11.2 Å². The molecule has 222 valence electrons. The van der Waals surface area contributed by atoms with E-state index in [0.29, 0.717) is 32.4 Å². The zero-order valence-electron chi connectivity index (χ0n) is 24.4. The number of amides is 2. The van der Waals surface area contributed by atoms with Gasteiger partial charge in [0.05, 0.1) is 12.1 Å². The van der Waals surface area contributed by atoms with Gasteiger partial charge in [0.2, 0.25) is 5.91 Å². The molecule has 0 radical (unpaired) electrons. The van der Waals surface area contributed by atoms with Gasteiger partial charge in [0.25, 0.3) is 0 Å². The van der Waals surface area contributed by atoms with Crippen LogP contribution in [0.15, 0.2) is 91.0 Å². The largest absolute Gasteiger partial charge is 0.465 e. The van der Waals surface area contributed by atoms with Crippen molar-refractivity contribution in [3.8, 4) is 0 Å². The molecule has 0 saturated carbocycles. The first-order chi connectivity index (χ1) is 20.6. The summed E-state index contributed by atoms with van der Waals surface area (Å²) >= 11 is 0. The van der Waals surface area contributed by atoms with Gasteiger partial charge < -0.3 is 25.5 Å². The van der Waals surface area contributed by atoms with Gasteiger partial charge in [-0.15, -0.1) is 0 Å².